The van der Waals surface area contributed by atoms with Gasteiger partial charge in [0.25, 0.3) is 5.91 Å². The van der Waals surface area contributed by atoms with Crippen LogP contribution in [0, 0.1) is 0 Å². The molecule has 0 saturated heterocycles. The van der Waals surface area contributed by atoms with Crippen LogP contribution in [-0.4, -0.2) is 24.1 Å². The second kappa shape index (κ2) is 6.23. The molecule has 2 amide bonds. The number of rotatable bonds is 2. The Morgan fingerprint density at radius 3 is 2.90 bits per heavy atom. The third-order valence-electron chi connectivity index (χ3n) is 2.38. The Balaban J connectivity index is 2.27. The van der Waals surface area contributed by atoms with Crippen molar-refractivity contribution in [3.05, 3.63) is 33.1 Å². The highest BCUT2D eigenvalue weighted by molar-refractivity contribution is 9.10. The lowest BCUT2D eigenvalue weighted by Crippen LogP contribution is -2.23. The molecule has 0 aromatic heterocycles. The molecule has 0 fully saturated rings. The van der Waals surface area contributed by atoms with Crippen LogP contribution in [0.5, 0.6) is 5.75 Å². The maximum absolute atomic E-state index is 11.8. The number of nitrogens with one attached hydrogen (secondary N) is 1. The van der Waals surface area contributed by atoms with Crippen LogP contribution < -0.4 is 10.1 Å². The predicted octanol–water partition coefficient (Wildman–Crippen LogP) is 2.56. The van der Waals surface area contributed by atoms with E-state index in [1.807, 2.05) is 12.1 Å². The predicted molar refractivity (Wildman–Crippen MR) is 82.5 cm³/mol. The standard InChI is InChI=1S/C13H11BrN2O3S/c1-7(17)15-13-16-12(18)11(20-13)6-8-5-9(14)3-4-10(8)19-2/h3-6H,1-2H3,(H,15,16,17,18)/b11-6-. The zero-order valence-electron chi connectivity index (χ0n) is 10.8. The molecule has 0 bridgehead atoms. The van der Waals surface area contributed by atoms with E-state index in [4.69, 9.17) is 4.74 Å². The minimum absolute atomic E-state index is 0.259. The number of halogens is 1. The third kappa shape index (κ3) is 3.49. The SMILES string of the molecule is COc1ccc(Br)cc1/C=C1\SC(NC(C)=O)=NC1=O. The lowest BCUT2D eigenvalue weighted by Gasteiger charge is -2.05. The molecule has 5 nitrogen and oxygen atoms in total. The number of hydrogen-bond donors (Lipinski definition) is 1. The van der Waals surface area contributed by atoms with E-state index in [0.29, 0.717) is 15.8 Å². The molecule has 0 atom stereocenters. The topological polar surface area (TPSA) is 67.8 Å². The highest BCUT2D eigenvalue weighted by Crippen LogP contribution is 2.31. The Labute approximate surface area is 128 Å². The van der Waals surface area contributed by atoms with E-state index >= 15 is 0 Å². The number of carbonyl (C=O) groups is 2. The summed E-state index contributed by atoms with van der Waals surface area (Å²) in [4.78, 5) is 26.9. The smallest absolute Gasteiger partial charge is 0.286 e. The molecule has 1 aromatic carbocycles. The lowest BCUT2D eigenvalue weighted by molar-refractivity contribution is -0.117. The van der Waals surface area contributed by atoms with Crippen LogP contribution in [0.4, 0.5) is 0 Å². The van der Waals surface area contributed by atoms with Crippen molar-refractivity contribution < 1.29 is 14.3 Å². The van der Waals surface area contributed by atoms with Crippen LogP contribution in [0.25, 0.3) is 6.08 Å². The zero-order valence-corrected chi connectivity index (χ0v) is 13.2. The van der Waals surface area contributed by atoms with E-state index in [1.54, 1.807) is 19.3 Å². The first-order valence-corrected chi connectivity index (χ1v) is 7.24. The number of carbonyl (C=O) groups excluding carboxylic acids is 2. The van der Waals surface area contributed by atoms with Gasteiger partial charge in [0.05, 0.1) is 12.0 Å². The van der Waals surface area contributed by atoms with Gasteiger partial charge in [-0.15, -0.1) is 0 Å². The van der Waals surface area contributed by atoms with Gasteiger partial charge in [0.15, 0.2) is 5.17 Å². The fourth-order valence-corrected chi connectivity index (χ4v) is 2.80. The molecule has 2 rings (SSSR count). The van der Waals surface area contributed by atoms with Gasteiger partial charge in [0.2, 0.25) is 5.91 Å². The molecule has 0 aliphatic carbocycles. The van der Waals surface area contributed by atoms with Crippen molar-refractivity contribution in [1.82, 2.24) is 5.32 Å². The molecule has 1 aliphatic rings. The molecule has 1 aromatic rings. The van der Waals surface area contributed by atoms with Gasteiger partial charge in [-0.25, -0.2) is 0 Å². The molecular formula is C13H11BrN2O3S. The number of nitrogens with zero attached hydrogens (tertiary/aromatic N) is 1. The molecular weight excluding hydrogens is 344 g/mol. The van der Waals surface area contributed by atoms with Crippen LogP contribution in [0.2, 0.25) is 0 Å². The van der Waals surface area contributed by atoms with Crippen LogP contribution in [0.3, 0.4) is 0 Å². The van der Waals surface area contributed by atoms with Crippen LogP contribution in [-0.2, 0) is 9.59 Å². The summed E-state index contributed by atoms with van der Waals surface area (Å²) in [5.41, 5.74) is 0.761. The summed E-state index contributed by atoms with van der Waals surface area (Å²) in [5, 5.41) is 2.79. The average molecular weight is 355 g/mol. The number of methoxy groups -OCH3 is 1. The first-order chi connectivity index (χ1) is 9.49. The maximum atomic E-state index is 11.8. The summed E-state index contributed by atoms with van der Waals surface area (Å²) in [6.07, 6.45) is 1.69. The van der Waals surface area contributed by atoms with Gasteiger partial charge in [0.1, 0.15) is 5.75 Å². The van der Waals surface area contributed by atoms with E-state index in [2.05, 4.69) is 26.2 Å². The number of amidine groups is 1. The molecule has 104 valence electrons. The molecule has 7 heteroatoms. The number of ether oxygens (including phenoxy) is 1. The van der Waals surface area contributed by atoms with Gasteiger partial charge in [-0.3, -0.25) is 9.59 Å². The van der Waals surface area contributed by atoms with Crippen molar-refractivity contribution in [2.75, 3.05) is 7.11 Å². The molecule has 0 saturated carbocycles. The number of thioether (sulfide) groups is 1. The minimum atomic E-state index is -0.374. The molecule has 0 unspecified atom stereocenters. The number of amides is 2. The van der Waals surface area contributed by atoms with Gasteiger partial charge >= 0.3 is 0 Å². The Bertz CT molecular complexity index is 641. The van der Waals surface area contributed by atoms with Crippen LogP contribution in [0.1, 0.15) is 12.5 Å². The second-order valence-electron chi connectivity index (χ2n) is 3.90. The van der Waals surface area contributed by atoms with Crippen molar-refractivity contribution in [2.24, 2.45) is 4.99 Å². The summed E-state index contributed by atoms with van der Waals surface area (Å²) < 4.78 is 6.12. The highest BCUT2D eigenvalue weighted by Gasteiger charge is 2.22. The van der Waals surface area contributed by atoms with Crippen molar-refractivity contribution in [1.29, 1.82) is 0 Å². The van der Waals surface area contributed by atoms with Crippen LogP contribution in [0.15, 0.2) is 32.6 Å². The maximum Gasteiger partial charge on any atom is 0.286 e. The summed E-state index contributed by atoms with van der Waals surface area (Å²) >= 11 is 4.50. The first kappa shape index (κ1) is 14.8. The zero-order chi connectivity index (χ0) is 14.7. The van der Waals surface area contributed by atoms with Crippen molar-refractivity contribution in [3.63, 3.8) is 0 Å². The van der Waals surface area contributed by atoms with Gasteiger partial charge in [-0.1, -0.05) is 15.9 Å². The fraction of sp³-hybridized carbons (Fsp3) is 0.154. The van der Waals surface area contributed by atoms with Gasteiger partial charge in [-0.05, 0) is 36.0 Å². The Hall–Kier alpha value is -1.60. The fourth-order valence-electron chi connectivity index (χ4n) is 1.57. The van der Waals surface area contributed by atoms with E-state index in [1.165, 1.54) is 6.92 Å². The molecule has 0 radical (unpaired) electrons. The first-order valence-electron chi connectivity index (χ1n) is 5.63. The summed E-state index contributed by atoms with van der Waals surface area (Å²) in [6, 6.07) is 5.50. The Kier molecular flexibility index (Phi) is 4.61. The van der Waals surface area contributed by atoms with Crippen LogP contribution >= 0.6 is 27.7 Å². The lowest BCUT2D eigenvalue weighted by atomic mass is 10.2. The molecule has 1 heterocycles. The normalized spacial score (nSPS) is 16.2. The van der Waals surface area contributed by atoms with Gasteiger partial charge in [0, 0.05) is 17.0 Å². The summed E-state index contributed by atoms with van der Waals surface area (Å²) in [7, 11) is 1.56. The largest absolute Gasteiger partial charge is 0.496 e. The number of hydrogen-bond acceptors (Lipinski definition) is 4. The quantitative estimate of drug-likeness (QED) is 0.828. The molecule has 20 heavy (non-hydrogen) atoms. The summed E-state index contributed by atoms with van der Waals surface area (Å²) in [5.74, 6) is 0.0215. The summed E-state index contributed by atoms with van der Waals surface area (Å²) in [6.45, 7) is 1.37. The number of aliphatic imine (C=N–C) groups is 1. The van der Waals surface area contributed by atoms with Crippen molar-refractivity contribution in [3.8, 4) is 5.75 Å². The average Bonchev–Trinajstić information content (AvgIpc) is 2.69. The molecule has 1 aliphatic heterocycles. The minimum Gasteiger partial charge on any atom is -0.496 e. The van der Waals surface area contributed by atoms with E-state index in [-0.39, 0.29) is 11.8 Å². The van der Waals surface area contributed by atoms with E-state index in [0.717, 1.165) is 21.8 Å². The third-order valence-corrected chi connectivity index (χ3v) is 3.77. The monoisotopic (exact) mass is 354 g/mol. The second-order valence-corrected chi connectivity index (χ2v) is 5.85. The van der Waals surface area contributed by atoms with Gasteiger partial charge in [-0.2, -0.15) is 4.99 Å². The van der Waals surface area contributed by atoms with Gasteiger partial charge < -0.3 is 10.1 Å². The van der Waals surface area contributed by atoms with Crippen molar-refractivity contribution in [2.45, 2.75) is 6.92 Å². The molecule has 1 N–H and O–H groups in total. The number of benzene rings is 1. The van der Waals surface area contributed by atoms with E-state index < -0.39 is 0 Å². The Morgan fingerprint density at radius 1 is 1.50 bits per heavy atom. The Morgan fingerprint density at radius 2 is 2.25 bits per heavy atom. The van der Waals surface area contributed by atoms with Crippen molar-refractivity contribution >= 4 is 50.7 Å². The molecule has 0 spiro atoms. The highest BCUT2D eigenvalue weighted by atomic mass is 79.9. The van der Waals surface area contributed by atoms with E-state index in [9.17, 15) is 9.59 Å².